The standard InChI is InChI=1S/C15H18N2O2/c1-9(2)11-4-6-12(7-5-11)15-13(8-14(18)19)10(3)16-17-15/h4-7,9H,8H2,1-3H3,(H,16,17)(H,18,19). The monoisotopic (exact) mass is 258 g/mol. The number of aryl methyl sites for hydroxylation is 1. The number of aromatic amines is 1. The first-order valence-corrected chi connectivity index (χ1v) is 6.35. The lowest BCUT2D eigenvalue weighted by molar-refractivity contribution is -0.136. The number of hydrogen-bond donors (Lipinski definition) is 2. The second kappa shape index (κ2) is 5.26. The molecule has 0 aliphatic rings. The van der Waals surface area contributed by atoms with Crippen molar-refractivity contribution in [2.75, 3.05) is 0 Å². The lowest BCUT2D eigenvalue weighted by Crippen LogP contribution is -2.02. The zero-order valence-electron chi connectivity index (χ0n) is 11.4. The van der Waals surface area contributed by atoms with E-state index in [0.29, 0.717) is 5.92 Å². The fourth-order valence-electron chi connectivity index (χ4n) is 2.08. The average Bonchev–Trinajstić information content (AvgIpc) is 2.71. The molecule has 0 saturated carbocycles. The van der Waals surface area contributed by atoms with Crippen LogP contribution >= 0.6 is 0 Å². The summed E-state index contributed by atoms with van der Waals surface area (Å²) >= 11 is 0. The number of nitrogens with zero attached hydrogens (tertiary/aromatic N) is 1. The van der Waals surface area contributed by atoms with Crippen LogP contribution in [0.5, 0.6) is 0 Å². The van der Waals surface area contributed by atoms with Crippen LogP contribution in [0.1, 0.15) is 36.6 Å². The summed E-state index contributed by atoms with van der Waals surface area (Å²) < 4.78 is 0. The number of carboxylic acids is 1. The van der Waals surface area contributed by atoms with E-state index >= 15 is 0 Å². The maximum Gasteiger partial charge on any atom is 0.307 e. The fraction of sp³-hybridized carbons (Fsp3) is 0.333. The van der Waals surface area contributed by atoms with Gasteiger partial charge in [0.15, 0.2) is 0 Å². The van der Waals surface area contributed by atoms with E-state index in [0.717, 1.165) is 22.5 Å². The second-order valence-electron chi connectivity index (χ2n) is 5.02. The van der Waals surface area contributed by atoms with Crippen LogP contribution in [0.15, 0.2) is 24.3 Å². The van der Waals surface area contributed by atoms with Crippen molar-refractivity contribution < 1.29 is 9.90 Å². The summed E-state index contributed by atoms with van der Waals surface area (Å²) in [6, 6.07) is 8.12. The lowest BCUT2D eigenvalue weighted by Gasteiger charge is -2.06. The number of carboxylic acid groups (broad SMARTS) is 1. The van der Waals surface area contributed by atoms with Crippen molar-refractivity contribution in [2.24, 2.45) is 0 Å². The molecule has 0 aliphatic heterocycles. The van der Waals surface area contributed by atoms with E-state index in [-0.39, 0.29) is 6.42 Å². The van der Waals surface area contributed by atoms with Gasteiger partial charge in [-0.1, -0.05) is 38.1 Å². The summed E-state index contributed by atoms with van der Waals surface area (Å²) in [5.41, 5.74) is 4.51. The van der Waals surface area contributed by atoms with Gasteiger partial charge in [-0.05, 0) is 18.4 Å². The first-order valence-electron chi connectivity index (χ1n) is 6.35. The molecule has 19 heavy (non-hydrogen) atoms. The normalized spacial score (nSPS) is 10.9. The summed E-state index contributed by atoms with van der Waals surface area (Å²) in [5.74, 6) is -0.363. The van der Waals surface area contributed by atoms with Crippen LogP contribution < -0.4 is 0 Å². The largest absolute Gasteiger partial charge is 0.481 e. The maximum absolute atomic E-state index is 10.9. The quantitative estimate of drug-likeness (QED) is 0.885. The maximum atomic E-state index is 10.9. The van der Waals surface area contributed by atoms with Crippen molar-refractivity contribution in [3.05, 3.63) is 41.1 Å². The number of aromatic nitrogens is 2. The van der Waals surface area contributed by atoms with Crippen LogP contribution in [0.25, 0.3) is 11.3 Å². The van der Waals surface area contributed by atoms with E-state index in [2.05, 4.69) is 36.2 Å². The Balaban J connectivity index is 2.38. The Kier molecular flexibility index (Phi) is 3.69. The van der Waals surface area contributed by atoms with E-state index in [9.17, 15) is 4.79 Å². The van der Waals surface area contributed by atoms with E-state index in [4.69, 9.17) is 5.11 Å². The molecular weight excluding hydrogens is 240 g/mol. The second-order valence-corrected chi connectivity index (χ2v) is 5.02. The van der Waals surface area contributed by atoms with Gasteiger partial charge in [-0.15, -0.1) is 0 Å². The highest BCUT2D eigenvalue weighted by molar-refractivity contribution is 5.75. The molecule has 1 heterocycles. The molecule has 1 aromatic heterocycles. The van der Waals surface area contributed by atoms with Crippen molar-refractivity contribution in [2.45, 2.75) is 33.1 Å². The molecular formula is C15H18N2O2. The fourth-order valence-corrected chi connectivity index (χ4v) is 2.08. The van der Waals surface area contributed by atoms with Gasteiger partial charge >= 0.3 is 5.97 Å². The van der Waals surface area contributed by atoms with Crippen molar-refractivity contribution >= 4 is 5.97 Å². The summed E-state index contributed by atoms with van der Waals surface area (Å²) in [7, 11) is 0. The number of H-pyrrole nitrogens is 1. The van der Waals surface area contributed by atoms with Crippen LogP contribution in [0.4, 0.5) is 0 Å². The summed E-state index contributed by atoms with van der Waals surface area (Å²) in [5, 5.41) is 16.0. The van der Waals surface area contributed by atoms with E-state index in [1.807, 2.05) is 19.1 Å². The van der Waals surface area contributed by atoms with Crippen molar-refractivity contribution in [1.82, 2.24) is 10.2 Å². The highest BCUT2D eigenvalue weighted by Crippen LogP contribution is 2.26. The summed E-state index contributed by atoms with van der Waals surface area (Å²) in [6.45, 7) is 6.13. The van der Waals surface area contributed by atoms with Crippen LogP contribution in [0, 0.1) is 6.92 Å². The lowest BCUT2D eigenvalue weighted by atomic mass is 9.98. The van der Waals surface area contributed by atoms with E-state index < -0.39 is 5.97 Å². The molecule has 0 spiro atoms. The van der Waals surface area contributed by atoms with Gasteiger partial charge in [-0.2, -0.15) is 5.10 Å². The van der Waals surface area contributed by atoms with Crippen LogP contribution in [-0.4, -0.2) is 21.3 Å². The number of hydrogen-bond acceptors (Lipinski definition) is 2. The third-order valence-electron chi connectivity index (χ3n) is 3.25. The number of benzene rings is 1. The summed E-state index contributed by atoms with van der Waals surface area (Å²) in [4.78, 5) is 10.9. The molecule has 0 bridgehead atoms. The third-order valence-corrected chi connectivity index (χ3v) is 3.25. The molecule has 1 aromatic carbocycles. The smallest absolute Gasteiger partial charge is 0.307 e. The Morgan fingerprint density at radius 1 is 1.32 bits per heavy atom. The molecule has 0 fully saturated rings. The first kappa shape index (κ1) is 13.3. The molecule has 0 atom stereocenters. The Morgan fingerprint density at radius 3 is 2.47 bits per heavy atom. The number of nitrogens with one attached hydrogen (secondary N) is 1. The Hall–Kier alpha value is -2.10. The zero-order chi connectivity index (χ0) is 14.0. The van der Waals surface area contributed by atoms with E-state index in [1.165, 1.54) is 5.56 Å². The number of aliphatic carboxylic acids is 1. The SMILES string of the molecule is Cc1[nH]nc(-c2ccc(C(C)C)cc2)c1CC(=O)O. The van der Waals surface area contributed by atoms with Crippen LogP contribution in [-0.2, 0) is 11.2 Å². The molecule has 4 nitrogen and oxygen atoms in total. The highest BCUT2D eigenvalue weighted by atomic mass is 16.4. The highest BCUT2D eigenvalue weighted by Gasteiger charge is 2.15. The van der Waals surface area contributed by atoms with E-state index in [1.54, 1.807) is 0 Å². The number of rotatable bonds is 4. The molecule has 2 rings (SSSR count). The minimum atomic E-state index is -0.843. The van der Waals surface area contributed by atoms with Crippen LogP contribution in [0.2, 0.25) is 0 Å². The van der Waals surface area contributed by atoms with Crippen molar-refractivity contribution in [3.63, 3.8) is 0 Å². The predicted octanol–water partition coefficient (Wildman–Crippen LogP) is 3.14. The molecule has 0 saturated heterocycles. The first-order chi connectivity index (χ1) is 8.99. The Labute approximate surface area is 112 Å². The molecule has 0 unspecified atom stereocenters. The third kappa shape index (κ3) is 2.84. The molecule has 0 amide bonds. The topological polar surface area (TPSA) is 66.0 Å². The van der Waals surface area contributed by atoms with Gasteiger partial charge in [0.2, 0.25) is 0 Å². The minimum Gasteiger partial charge on any atom is -0.481 e. The molecule has 4 heteroatoms. The molecule has 100 valence electrons. The van der Waals surface area contributed by atoms with Crippen molar-refractivity contribution in [3.8, 4) is 11.3 Å². The van der Waals surface area contributed by atoms with Crippen molar-refractivity contribution in [1.29, 1.82) is 0 Å². The number of carbonyl (C=O) groups is 1. The van der Waals surface area contributed by atoms with Gasteiger partial charge in [0.25, 0.3) is 0 Å². The van der Waals surface area contributed by atoms with Gasteiger partial charge < -0.3 is 5.11 Å². The molecule has 2 aromatic rings. The Morgan fingerprint density at radius 2 is 1.95 bits per heavy atom. The van der Waals surface area contributed by atoms with Gasteiger partial charge in [0.05, 0.1) is 12.1 Å². The minimum absolute atomic E-state index is 0.0103. The zero-order valence-corrected chi connectivity index (χ0v) is 11.4. The van der Waals surface area contributed by atoms with Gasteiger partial charge in [0.1, 0.15) is 0 Å². The molecule has 0 aliphatic carbocycles. The Bertz CT molecular complexity index is 583. The predicted molar refractivity (Wildman–Crippen MR) is 74.2 cm³/mol. The van der Waals surface area contributed by atoms with Crippen LogP contribution in [0.3, 0.4) is 0 Å². The van der Waals surface area contributed by atoms with Gasteiger partial charge in [0, 0.05) is 16.8 Å². The molecule has 2 N–H and O–H groups in total. The average molecular weight is 258 g/mol. The van der Waals surface area contributed by atoms with Gasteiger partial charge in [-0.3, -0.25) is 9.89 Å². The summed E-state index contributed by atoms with van der Waals surface area (Å²) in [6.07, 6.45) is -0.0103. The van der Waals surface area contributed by atoms with Gasteiger partial charge in [-0.25, -0.2) is 0 Å². The molecule has 0 radical (unpaired) electrons.